The van der Waals surface area contributed by atoms with E-state index in [9.17, 15) is 131 Å². The van der Waals surface area contributed by atoms with Crippen LogP contribution in [0, 0.1) is 35.0 Å². The Bertz CT molecular complexity index is 4660. The number of nitrogens with one attached hydrogen (secondary N) is 12. The van der Waals surface area contributed by atoms with E-state index in [0.717, 1.165) is 28.6 Å². The van der Waals surface area contributed by atoms with E-state index < -0.39 is 306 Å². The molecule has 12 amide bonds. The number of carbonyl (C=O) groups excluding carboxylic acids is 17. The fraction of sp³-hybridized carbons (Fsp3) is 0.557. The van der Waals surface area contributed by atoms with Gasteiger partial charge in [0, 0.05) is 162 Å². The topological polar surface area (TPSA) is 678 Å². The molecule has 131 heavy (non-hydrogen) atoms. The summed E-state index contributed by atoms with van der Waals surface area (Å²) in [6, 6.07) is 2.25. The molecule has 43 heteroatoms. The van der Waals surface area contributed by atoms with Crippen LogP contribution in [0.1, 0.15) is 197 Å². The number of hydrogen-bond acceptors (Lipinski definition) is 24. The van der Waals surface area contributed by atoms with Gasteiger partial charge in [-0.2, -0.15) is 0 Å². The first-order chi connectivity index (χ1) is 62.0. The van der Waals surface area contributed by atoms with Crippen LogP contribution in [0.25, 0.3) is 10.9 Å². The number of rotatable bonds is 63. The van der Waals surface area contributed by atoms with Gasteiger partial charge in [-0.25, -0.2) is 0 Å². The van der Waals surface area contributed by atoms with Gasteiger partial charge in [0.25, 0.3) is 11.8 Å². The third-order valence-electron chi connectivity index (χ3n) is 22.0. The molecule has 3 heterocycles. The summed E-state index contributed by atoms with van der Waals surface area (Å²) >= 11 is 0. The van der Waals surface area contributed by atoms with Gasteiger partial charge in [-0.05, 0) is 107 Å². The molecule has 12 atom stereocenters. The third kappa shape index (κ3) is 37.6. The van der Waals surface area contributed by atoms with Gasteiger partial charge in [0.2, 0.25) is 59.1 Å². The van der Waals surface area contributed by atoms with E-state index in [4.69, 9.17) is 15.9 Å². The molecule has 0 bridgehead atoms. The number of Topliss-reactive ketones (excluding diaryl/α,β-unsaturated/α-hetero) is 5. The highest BCUT2D eigenvalue weighted by atomic mass is 16.5. The summed E-state index contributed by atoms with van der Waals surface area (Å²) < 4.78 is 5.64. The molecule has 0 saturated carbocycles. The predicted octanol–water partition coefficient (Wildman–Crippen LogP) is 0.489. The van der Waals surface area contributed by atoms with Crippen LogP contribution >= 0.6 is 0 Å². The maximum atomic E-state index is 14.7. The molecule has 2 aliphatic heterocycles. The molecule has 1 aromatic heterocycles. The standard InChI is InChI=1S/C88H121N15O28/c1-7-12-62(85(128)101-65(84(127)91-6)42-56-46-94-58-14-9-8-13-57(56)58)99-80(123)49(4)40-67(105)64(39-48(2)3)100-86(129)66-16-11-36-102(66)87(130)63(15-10-34-93-88(89)90)96-72(110)47-131-38-35-92-81(124)55(41-51-17-19-52(20-18-51)50(5)104)45-70(108)61(25-32-79(121)122)98-83(126)54(22-29-76(115)116)44-69(107)60(24-31-78(119)120)97-82(125)53(21-28-75(113)114)43-68(106)59(23-30-77(117)118)95-71(109)33-37-103-73(111)26-27-74(103)112/h8-9,13-14,17-20,26-27,46,48-49,53-55,59-66,94H,7,10-12,15-16,21-25,28-45,47H2,1-6H3,(H,91,127)(H,92,124)(H,95,109)(H,96,110)(H,97,125)(H,98,126)(H,99,123)(H,100,129)(H,101,128)(H,113,114)(H,115,116)(H,117,118)(H,119,120)(H,121,122)(H4,89,90,93)/t49-,53+,54+,55-,59-,60-,61-,62?,63+,64+,65?,66+/m1/s1. The highest BCUT2D eigenvalue weighted by Gasteiger charge is 2.42. The average molecular weight is 1840 g/mol. The van der Waals surface area contributed by atoms with E-state index in [1.807, 2.05) is 45.0 Å². The third-order valence-corrected chi connectivity index (χ3v) is 22.0. The number of ether oxygens (including phenoxy) is 1. The van der Waals surface area contributed by atoms with Crippen LogP contribution in [0.2, 0.25) is 0 Å². The van der Waals surface area contributed by atoms with Gasteiger partial charge in [-0.3, -0.25) is 116 Å². The first kappa shape index (κ1) is 108. The molecule has 1 saturated heterocycles. The molecule has 43 nitrogen and oxygen atoms in total. The number of carbonyl (C=O) groups is 22. The summed E-state index contributed by atoms with van der Waals surface area (Å²) in [5, 5.41) is 82.7. The van der Waals surface area contributed by atoms with Crippen LogP contribution in [0.5, 0.6) is 0 Å². The molecule has 5 rings (SSSR count). The molecule has 3 aromatic rings. The number of nitrogens with zero attached hydrogens (tertiary/aromatic N) is 2. The number of nitrogens with two attached hydrogens (primary N) is 1. The molecular weight excluding hydrogens is 1720 g/mol. The Morgan fingerprint density at radius 2 is 1.04 bits per heavy atom. The van der Waals surface area contributed by atoms with Crippen LogP contribution in [-0.2, 0) is 118 Å². The molecule has 716 valence electrons. The number of amides is 12. The van der Waals surface area contributed by atoms with Crippen LogP contribution in [0.4, 0.5) is 0 Å². The SMILES string of the molecule is CCCC(NC(=O)[C@H](C)CC(=O)[C@H](CC(C)C)NC(=O)[C@@H]1CCCN1C(=O)[C@H](CCCNC(=N)N)NC(=O)COCCNC(=O)[C@@H](CC(=O)[C@@H](CCC(=O)O)NC(=O)[C@@H](CCC(=O)O)CC(=O)[C@@H](CCC(=O)O)NC(=O)[C@@H](CCC(=O)O)CC(=O)[C@@H](CCC(=O)O)NC(=O)CCN1C(=O)C=CC1=O)Cc1ccc(C(C)=O)cc1)C(=O)NC(Cc1c[nH]c2ccccc12)C(=O)NC. The zero-order chi connectivity index (χ0) is 97.3. The number of fused-ring (bicyclic) bond motifs is 1. The van der Waals surface area contributed by atoms with Crippen molar-refractivity contribution < 1.29 is 136 Å². The molecule has 2 aromatic carbocycles. The van der Waals surface area contributed by atoms with Crippen LogP contribution in [0.15, 0.2) is 66.9 Å². The van der Waals surface area contributed by atoms with Crippen molar-refractivity contribution >= 4 is 147 Å². The normalized spacial score (nSPS) is 15.4. The van der Waals surface area contributed by atoms with Crippen LogP contribution in [0.3, 0.4) is 0 Å². The quantitative estimate of drug-likeness (QED) is 0.0120. The maximum Gasteiger partial charge on any atom is 0.303 e. The first-order valence-corrected chi connectivity index (χ1v) is 43.4. The van der Waals surface area contributed by atoms with E-state index in [1.54, 1.807) is 6.20 Å². The fourth-order valence-corrected chi connectivity index (χ4v) is 15.0. The summed E-state index contributed by atoms with van der Waals surface area (Å²) in [6.07, 6.45) is -6.18. The van der Waals surface area contributed by atoms with Crippen LogP contribution in [-0.4, -0.2) is 271 Å². The molecule has 0 spiro atoms. The zero-order valence-electron chi connectivity index (χ0n) is 74.2. The van der Waals surface area contributed by atoms with Gasteiger partial charge >= 0.3 is 29.8 Å². The number of carboxylic acid groups (broad SMARTS) is 5. The monoisotopic (exact) mass is 1840 g/mol. The second kappa shape index (κ2) is 54.7. The van der Waals surface area contributed by atoms with E-state index in [-0.39, 0.29) is 94.2 Å². The Balaban J connectivity index is 1.28. The van der Waals surface area contributed by atoms with Crippen molar-refractivity contribution in [2.75, 3.05) is 46.4 Å². The number of H-pyrrole nitrogens is 1. The lowest BCUT2D eigenvalue weighted by Crippen LogP contribution is -2.56. The minimum Gasteiger partial charge on any atom is -0.481 e. The number of benzene rings is 2. The minimum absolute atomic E-state index is 0.0486. The number of guanidine groups is 1. The predicted molar refractivity (Wildman–Crippen MR) is 465 cm³/mol. The molecule has 0 radical (unpaired) electrons. The minimum atomic E-state index is -1.90. The number of likely N-dealkylation sites (N-methyl/N-ethyl adjacent to an activating group) is 1. The average Bonchev–Trinajstić information content (AvgIpc) is 1.69. The summed E-state index contributed by atoms with van der Waals surface area (Å²) in [5.74, 6) is -27.5. The van der Waals surface area contributed by atoms with Gasteiger partial charge in [0.05, 0.1) is 30.8 Å². The number of carboxylic acids is 5. The Morgan fingerprint density at radius 3 is 1.56 bits per heavy atom. The van der Waals surface area contributed by atoms with E-state index in [1.165, 1.54) is 50.1 Å². The molecule has 2 aliphatic rings. The number of para-hydroxylation sites is 1. The zero-order valence-corrected chi connectivity index (χ0v) is 74.2. The Morgan fingerprint density at radius 1 is 0.527 bits per heavy atom. The van der Waals surface area contributed by atoms with Gasteiger partial charge < -0.3 is 99.1 Å². The van der Waals surface area contributed by atoms with Crippen molar-refractivity contribution in [1.29, 1.82) is 5.41 Å². The summed E-state index contributed by atoms with van der Waals surface area (Å²) in [7, 11) is 1.44. The molecule has 2 unspecified atom stereocenters. The van der Waals surface area contributed by atoms with Gasteiger partial charge in [0.1, 0.15) is 30.8 Å². The van der Waals surface area contributed by atoms with E-state index >= 15 is 0 Å². The lowest BCUT2D eigenvalue weighted by atomic mass is 9.88. The second-order valence-corrected chi connectivity index (χ2v) is 32.9. The maximum absolute atomic E-state index is 14.7. The van der Waals surface area contributed by atoms with Gasteiger partial charge in [0.15, 0.2) is 34.9 Å². The lowest BCUT2D eigenvalue weighted by Gasteiger charge is -2.30. The van der Waals surface area contributed by atoms with Gasteiger partial charge in [-0.1, -0.05) is 76.6 Å². The van der Waals surface area contributed by atoms with E-state index in [2.05, 4.69) is 58.2 Å². The highest BCUT2D eigenvalue weighted by molar-refractivity contribution is 6.13. The van der Waals surface area contributed by atoms with Crippen molar-refractivity contribution in [2.45, 2.75) is 237 Å². The fourth-order valence-electron chi connectivity index (χ4n) is 15.0. The Kier molecular flexibility index (Phi) is 45.1. The first-order valence-electron chi connectivity index (χ1n) is 43.4. The number of likely N-dealkylation sites (tertiary alicyclic amines) is 1. The number of imide groups is 1. The number of aromatic amines is 1. The molecule has 19 N–H and O–H groups in total. The van der Waals surface area contributed by atoms with Crippen molar-refractivity contribution in [3.63, 3.8) is 0 Å². The highest BCUT2D eigenvalue weighted by Crippen LogP contribution is 2.26. The Labute approximate surface area is 754 Å². The smallest absolute Gasteiger partial charge is 0.303 e. The second-order valence-electron chi connectivity index (χ2n) is 32.9. The van der Waals surface area contributed by atoms with Crippen molar-refractivity contribution in [3.8, 4) is 0 Å². The van der Waals surface area contributed by atoms with E-state index in [0.29, 0.717) is 23.3 Å². The largest absolute Gasteiger partial charge is 0.481 e. The van der Waals surface area contributed by atoms with Crippen molar-refractivity contribution in [3.05, 3.63) is 83.6 Å². The molecular formula is C88H121N15O28. The van der Waals surface area contributed by atoms with Crippen molar-refractivity contribution in [2.24, 2.45) is 35.3 Å². The number of ketones is 5. The lowest BCUT2D eigenvalue weighted by molar-refractivity contribution is -0.142. The van der Waals surface area contributed by atoms with Crippen molar-refractivity contribution in [1.82, 2.24) is 68.0 Å². The number of aromatic nitrogens is 1. The number of hydrogen-bond donors (Lipinski definition) is 18. The molecule has 0 aliphatic carbocycles. The summed E-state index contributed by atoms with van der Waals surface area (Å²) in [6.45, 7) is 6.41. The van der Waals surface area contributed by atoms with Crippen LogP contribution < -0.4 is 58.9 Å². The summed E-state index contributed by atoms with van der Waals surface area (Å²) in [4.78, 5) is 298. The van der Waals surface area contributed by atoms with Gasteiger partial charge in [-0.15, -0.1) is 0 Å². The number of aliphatic carboxylic acids is 5. The summed E-state index contributed by atoms with van der Waals surface area (Å²) in [5.41, 5.74) is 7.78. The molecule has 1 fully saturated rings. The Hall–Kier alpha value is -13.5.